The van der Waals surface area contributed by atoms with Crippen molar-refractivity contribution >= 4 is 28.7 Å². The molecular weight excluding hydrogens is 522 g/mol. The van der Waals surface area contributed by atoms with Crippen LogP contribution in [0.3, 0.4) is 0 Å². The second-order valence-corrected chi connectivity index (χ2v) is 11.5. The number of hydrogen-bond donors (Lipinski definition) is 1. The molecule has 0 radical (unpaired) electrons. The van der Waals surface area contributed by atoms with Crippen LogP contribution in [0.25, 0.3) is 10.8 Å². The van der Waals surface area contributed by atoms with Gasteiger partial charge in [-0.3, -0.25) is 14.4 Å². The average Bonchev–Trinajstić information content (AvgIpc) is 2.95. The summed E-state index contributed by atoms with van der Waals surface area (Å²) in [5.41, 5.74) is 1.74. The molecule has 3 aromatic rings. The third-order valence-corrected chi connectivity index (χ3v) is 7.57. The van der Waals surface area contributed by atoms with Gasteiger partial charge in [-0.25, -0.2) is 4.79 Å². The van der Waals surface area contributed by atoms with Gasteiger partial charge in [0.05, 0.1) is 13.2 Å². The molecule has 2 aliphatic heterocycles. The summed E-state index contributed by atoms with van der Waals surface area (Å²) in [5, 5.41) is 13.1. The van der Waals surface area contributed by atoms with Crippen molar-refractivity contribution in [3.05, 3.63) is 77.9 Å². The first-order chi connectivity index (χ1) is 19.6. The SMILES string of the molecule is CC(C)COC(=O)N1O[C@@H](C(C)C)C(=O)N2[C@@H]1CN(Cc1cccc3ccccc13)C(=O)[C@@H]2Cc1ccc(O)cc1. The van der Waals surface area contributed by atoms with Crippen molar-refractivity contribution in [3.8, 4) is 5.75 Å². The smallest absolute Gasteiger partial charge is 0.436 e. The number of aromatic hydroxyl groups is 1. The van der Waals surface area contributed by atoms with Crippen LogP contribution in [-0.2, 0) is 32.1 Å². The molecule has 0 aromatic heterocycles. The van der Waals surface area contributed by atoms with Gasteiger partial charge >= 0.3 is 6.09 Å². The van der Waals surface area contributed by atoms with Gasteiger partial charge in [-0.1, -0.05) is 82.3 Å². The van der Waals surface area contributed by atoms with E-state index in [1.54, 1.807) is 29.2 Å². The topological polar surface area (TPSA) is 99.6 Å². The minimum atomic E-state index is -0.947. The highest BCUT2D eigenvalue weighted by atomic mass is 16.7. The highest BCUT2D eigenvalue weighted by Crippen LogP contribution is 2.33. The number of piperazine rings is 1. The molecule has 41 heavy (non-hydrogen) atoms. The van der Waals surface area contributed by atoms with Gasteiger partial charge in [0.25, 0.3) is 5.91 Å². The van der Waals surface area contributed by atoms with E-state index in [1.165, 1.54) is 4.90 Å². The molecule has 2 saturated heterocycles. The molecule has 9 heteroatoms. The Hall–Kier alpha value is -4.11. The van der Waals surface area contributed by atoms with Gasteiger partial charge in [-0.05, 0) is 45.9 Å². The molecule has 0 bridgehead atoms. The Bertz CT molecular complexity index is 1420. The monoisotopic (exact) mass is 559 g/mol. The molecule has 3 aromatic carbocycles. The average molecular weight is 560 g/mol. The number of fused-ring (bicyclic) bond motifs is 2. The minimum Gasteiger partial charge on any atom is -0.508 e. The zero-order chi connectivity index (χ0) is 29.3. The molecule has 2 heterocycles. The summed E-state index contributed by atoms with van der Waals surface area (Å²) in [5.74, 6) is -0.571. The van der Waals surface area contributed by atoms with Crippen LogP contribution in [0.1, 0.15) is 38.8 Å². The van der Waals surface area contributed by atoms with E-state index in [2.05, 4.69) is 0 Å². The lowest BCUT2D eigenvalue weighted by atomic mass is 9.95. The molecule has 0 spiro atoms. The Labute approximate surface area is 240 Å². The van der Waals surface area contributed by atoms with Gasteiger partial charge in [-0.2, -0.15) is 5.06 Å². The molecule has 0 saturated carbocycles. The summed E-state index contributed by atoms with van der Waals surface area (Å²) in [6.45, 7) is 8.13. The third kappa shape index (κ3) is 5.86. The number of benzene rings is 3. The third-order valence-electron chi connectivity index (χ3n) is 7.57. The van der Waals surface area contributed by atoms with Crippen LogP contribution in [0.5, 0.6) is 5.75 Å². The van der Waals surface area contributed by atoms with Crippen LogP contribution < -0.4 is 0 Å². The predicted octanol–water partition coefficient (Wildman–Crippen LogP) is 4.72. The molecule has 0 aliphatic carbocycles. The van der Waals surface area contributed by atoms with Crippen molar-refractivity contribution in [2.45, 2.75) is 59.0 Å². The van der Waals surface area contributed by atoms with Crippen molar-refractivity contribution < 1.29 is 29.1 Å². The summed E-state index contributed by atoms with van der Waals surface area (Å²) in [6, 6.07) is 19.7. The van der Waals surface area contributed by atoms with E-state index in [4.69, 9.17) is 9.57 Å². The van der Waals surface area contributed by atoms with E-state index in [0.717, 1.165) is 27.0 Å². The van der Waals surface area contributed by atoms with Crippen molar-refractivity contribution in [1.29, 1.82) is 0 Å². The number of phenolic OH excluding ortho intramolecular Hbond substituents is 1. The molecule has 1 N–H and O–H groups in total. The first-order valence-electron chi connectivity index (χ1n) is 14.1. The van der Waals surface area contributed by atoms with E-state index in [9.17, 15) is 19.5 Å². The number of phenols is 1. The number of carbonyl (C=O) groups is 3. The molecule has 9 nitrogen and oxygen atoms in total. The molecule has 0 unspecified atom stereocenters. The van der Waals surface area contributed by atoms with Gasteiger partial charge in [-0.15, -0.1) is 0 Å². The zero-order valence-corrected chi connectivity index (χ0v) is 23.9. The number of nitrogens with zero attached hydrogens (tertiary/aromatic N) is 3. The van der Waals surface area contributed by atoms with Gasteiger partial charge in [0.2, 0.25) is 5.91 Å². The Kier molecular flexibility index (Phi) is 8.17. The fourth-order valence-corrected chi connectivity index (χ4v) is 5.48. The summed E-state index contributed by atoms with van der Waals surface area (Å²) >= 11 is 0. The van der Waals surface area contributed by atoms with Gasteiger partial charge in [0.15, 0.2) is 12.3 Å². The number of hydrogen-bond acceptors (Lipinski definition) is 6. The lowest BCUT2D eigenvalue weighted by Crippen LogP contribution is -2.74. The lowest BCUT2D eigenvalue weighted by molar-refractivity contribution is -0.273. The van der Waals surface area contributed by atoms with Crippen LogP contribution in [0, 0.1) is 11.8 Å². The number of amides is 3. The highest BCUT2D eigenvalue weighted by molar-refractivity contribution is 5.93. The van der Waals surface area contributed by atoms with Crippen molar-refractivity contribution in [2.24, 2.45) is 11.8 Å². The number of ether oxygens (including phenoxy) is 1. The Morgan fingerprint density at radius 1 is 0.976 bits per heavy atom. The quantitative estimate of drug-likeness (QED) is 0.450. The Balaban J connectivity index is 1.55. The molecule has 5 rings (SSSR count). The second kappa shape index (κ2) is 11.8. The first kappa shape index (κ1) is 28.4. The van der Waals surface area contributed by atoms with Gasteiger partial charge in [0, 0.05) is 13.0 Å². The second-order valence-electron chi connectivity index (χ2n) is 11.5. The fraction of sp³-hybridized carbons (Fsp3) is 0.406. The van der Waals surface area contributed by atoms with Crippen LogP contribution in [0.4, 0.5) is 4.79 Å². The largest absolute Gasteiger partial charge is 0.508 e. The number of hydroxylamine groups is 2. The fourth-order valence-electron chi connectivity index (χ4n) is 5.48. The lowest BCUT2D eigenvalue weighted by Gasteiger charge is -2.53. The Morgan fingerprint density at radius 2 is 1.68 bits per heavy atom. The summed E-state index contributed by atoms with van der Waals surface area (Å²) in [4.78, 5) is 50.7. The maximum Gasteiger partial charge on any atom is 0.436 e. The van der Waals surface area contributed by atoms with Gasteiger partial charge < -0.3 is 19.6 Å². The molecular formula is C32H37N3O6. The highest BCUT2D eigenvalue weighted by Gasteiger charge is 2.54. The minimum absolute atomic E-state index is 0.0709. The molecule has 2 aliphatic rings. The number of carbonyl (C=O) groups excluding carboxylic acids is 3. The van der Waals surface area contributed by atoms with E-state index in [1.807, 2.05) is 70.2 Å². The van der Waals surface area contributed by atoms with Crippen LogP contribution in [-0.4, -0.2) is 69.3 Å². The predicted molar refractivity (Wildman–Crippen MR) is 153 cm³/mol. The number of rotatable bonds is 7. The van der Waals surface area contributed by atoms with Crippen LogP contribution >= 0.6 is 0 Å². The van der Waals surface area contributed by atoms with E-state index < -0.39 is 24.4 Å². The van der Waals surface area contributed by atoms with Crippen LogP contribution in [0.2, 0.25) is 0 Å². The standard InChI is InChI=1S/C32H37N3O6/c1-20(2)19-40-32(39)35-28-18-33(17-24-10-7-9-23-8-5-6-11-26(23)24)30(37)27(16-22-12-14-25(36)15-13-22)34(28)31(38)29(41-35)21(3)4/h5-15,20-21,27-29,36H,16-19H2,1-4H3/t27-,28-,29-/m0/s1. The van der Waals surface area contributed by atoms with E-state index >= 15 is 0 Å². The van der Waals surface area contributed by atoms with Crippen LogP contribution in [0.15, 0.2) is 66.7 Å². The molecule has 2 fully saturated rings. The van der Waals surface area contributed by atoms with Gasteiger partial charge in [0.1, 0.15) is 11.8 Å². The van der Waals surface area contributed by atoms with E-state index in [0.29, 0.717) is 6.54 Å². The first-order valence-corrected chi connectivity index (χ1v) is 14.1. The Morgan fingerprint density at radius 3 is 2.39 bits per heavy atom. The van der Waals surface area contributed by atoms with Crippen molar-refractivity contribution in [1.82, 2.24) is 14.9 Å². The normalized spacial score (nSPS) is 21.1. The molecule has 3 amide bonds. The molecule has 216 valence electrons. The van der Waals surface area contributed by atoms with Crippen molar-refractivity contribution in [3.63, 3.8) is 0 Å². The summed E-state index contributed by atoms with van der Waals surface area (Å²) < 4.78 is 5.55. The summed E-state index contributed by atoms with van der Waals surface area (Å²) in [7, 11) is 0. The summed E-state index contributed by atoms with van der Waals surface area (Å²) in [6.07, 6.45) is -2.29. The maximum absolute atomic E-state index is 14.2. The maximum atomic E-state index is 14.2. The zero-order valence-electron chi connectivity index (χ0n) is 23.9. The molecule has 3 atom stereocenters. The van der Waals surface area contributed by atoms with Crippen molar-refractivity contribution in [2.75, 3.05) is 13.2 Å². The van der Waals surface area contributed by atoms with E-state index in [-0.39, 0.29) is 49.0 Å².